The van der Waals surface area contributed by atoms with Crippen LogP contribution in [0.1, 0.15) is 16.7 Å². The quantitative estimate of drug-likeness (QED) is 0.522. The molecule has 3 rings (SSSR count). The predicted molar refractivity (Wildman–Crippen MR) is 105 cm³/mol. The lowest BCUT2D eigenvalue weighted by atomic mass is 10.1. The third-order valence-electron chi connectivity index (χ3n) is 4.84. The first-order valence-corrected chi connectivity index (χ1v) is 9.30. The summed E-state index contributed by atoms with van der Waals surface area (Å²) < 4.78 is 5.92. The van der Waals surface area contributed by atoms with Crippen LogP contribution in [0.5, 0.6) is 5.75 Å². The van der Waals surface area contributed by atoms with Gasteiger partial charge in [0.2, 0.25) is 0 Å². The minimum atomic E-state index is -0.489. The van der Waals surface area contributed by atoms with Crippen molar-refractivity contribution in [3.63, 3.8) is 0 Å². The number of hydrogen-bond donors (Lipinski definition) is 1. The van der Waals surface area contributed by atoms with Crippen LogP contribution in [0.2, 0.25) is 0 Å². The lowest BCUT2D eigenvalue weighted by Gasteiger charge is -2.36. The van der Waals surface area contributed by atoms with Crippen LogP contribution >= 0.6 is 0 Å². The van der Waals surface area contributed by atoms with Gasteiger partial charge in [-0.1, -0.05) is 23.8 Å². The molecule has 1 N–H and O–H groups in total. The molecule has 1 unspecified atom stereocenters. The zero-order chi connectivity index (χ0) is 18.5. The van der Waals surface area contributed by atoms with E-state index in [1.165, 1.54) is 5.56 Å². The van der Waals surface area contributed by atoms with Crippen LogP contribution in [0, 0.1) is 20.8 Å². The molecule has 2 aromatic rings. The Hall–Kier alpha value is -1.53. The Morgan fingerprint density at radius 2 is 1.68 bits per heavy atom. The van der Waals surface area contributed by atoms with E-state index in [0.29, 0.717) is 13.2 Å². The van der Waals surface area contributed by atoms with Crippen LogP contribution in [0.4, 0.5) is 5.82 Å². The summed E-state index contributed by atoms with van der Waals surface area (Å²) in [6.45, 7) is 10.9. The lowest BCUT2D eigenvalue weighted by molar-refractivity contribution is -0.00100. The van der Waals surface area contributed by atoms with Crippen molar-refractivity contribution in [2.45, 2.75) is 26.9 Å². The topological polar surface area (TPSA) is 48.8 Å². The van der Waals surface area contributed by atoms with E-state index in [2.05, 4.69) is 47.7 Å². The minimum Gasteiger partial charge on any atom is -1.00 e. The highest BCUT2D eigenvalue weighted by Gasteiger charge is 2.20. The maximum atomic E-state index is 10.4. The predicted octanol–water partition coefficient (Wildman–Crippen LogP) is -3.42. The van der Waals surface area contributed by atoms with Gasteiger partial charge in [0, 0.05) is 38.9 Å². The van der Waals surface area contributed by atoms with Gasteiger partial charge in [0.1, 0.15) is 24.3 Å². The van der Waals surface area contributed by atoms with Crippen molar-refractivity contribution in [2.24, 2.45) is 0 Å². The summed E-state index contributed by atoms with van der Waals surface area (Å²) in [5.41, 5.74) is 3.48. The van der Waals surface area contributed by atoms with Gasteiger partial charge in [0.05, 0.1) is 0 Å². The molecule has 1 aliphatic rings. The molecule has 0 amide bonds. The van der Waals surface area contributed by atoms with E-state index in [1.54, 1.807) is 0 Å². The summed E-state index contributed by atoms with van der Waals surface area (Å²) in [5.74, 6) is 1.93. The Labute approximate surface area is 180 Å². The number of aliphatic hydroxyl groups is 1. The van der Waals surface area contributed by atoms with E-state index >= 15 is 0 Å². The third kappa shape index (κ3) is 6.52. The van der Waals surface area contributed by atoms with Gasteiger partial charge in [0.15, 0.2) is 0 Å². The number of aromatic nitrogens is 1. The number of nitrogens with zero attached hydrogens (tertiary/aromatic N) is 3. The number of β-amino-alcohol motifs (C(OH)–C–C–N with tert-alkyl or cyclic N) is 1. The Balaban J connectivity index is 0.00000196. The summed E-state index contributed by atoms with van der Waals surface area (Å²) in [6.07, 6.45) is 1.34. The van der Waals surface area contributed by atoms with E-state index in [-0.39, 0.29) is 24.8 Å². The molecule has 1 aromatic heterocycles. The zero-order valence-corrected chi connectivity index (χ0v) is 18.2. The number of aryl methyl sites for hydroxylation is 3. The number of piperazine rings is 1. The molecule has 0 spiro atoms. The standard InChI is InChI=1S/C21H29N3O2.2ClH/c1-16-12-17(2)21(18(3)13-16)26-15-19(25)14-23-8-10-24(11-9-23)20-6-4-5-7-22-20;;/h4-7,12-13,19,25H,8-11,14-15H2,1-3H3;2*1H/p-2. The lowest BCUT2D eigenvalue weighted by Crippen LogP contribution is -3.00. The van der Waals surface area contributed by atoms with Crippen molar-refractivity contribution in [3.8, 4) is 5.75 Å². The first-order valence-electron chi connectivity index (χ1n) is 9.30. The highest BCUT2D eigenvalue weighted by Crippen LogP contribution is 2.24. The minimum absolute atomic E-state index is 0. The molecule has 1 aromatic carbocycles. The Morgan fingerprint density at radius 1 is 1.04 bits per heavy atom. The van der Waals surface area contributed by atoms with Crippen LogP contribution < -0.4 is 34.5 Å². The Bertz CT molecular complexity index is 700. The number of hydrogen-bond acceptors (Lipinski definition) is 5. The second-order valence-electron chi connectivity index (χ2n) is 7.17. The number of halogens is 2. The summed E-state index contributed by atoms with van der Waals surface area (Å²) in [4.78, 5) is 9.00. The van der Waals surface area contributed by atoms with Gasteiger partial charge in [-0.15, -0.1) is 0 Å². The molecule has 0 bridgehead atoms. The average Bonchev–Trinajstić information content (AvgIpc) is 2.62. The molecule has 1 atom stereocenters. The number of anilines is 1. The van der Waals surface area contributed by atoms with E-state index in [9.17, 15) is 5.11 Å². The van der Waals surface area contributed by atoms with Crippen molar-refractivity contribution in [1.29, 1.82) is 0 Å². The van der Waals surface area contributed by atoms with Crippen LogP contribution in [0.25, 0.3) is 0 Å². The van der Waals surface area contributed by atoms with Crippen molar-refractivity contribution >= 4 is 5.82 Å². The van der Waals surface area contributed by atoms with Gasteiger partial charge in [0.25, 0.3) is 0 Å². The fourth-order valence-electron chi connectivity index (χ4n) is 3.63. The monoisotopic (exact) mass is 425 g/mol. The molecular weight excluding hydrogens is 397 g/mol. The van der Waals surface area contributed by atoms with E-state index in [4.69, 9.17) is 4.74 Å². The molecule has 156 valence electrons. The van der Waals surface area contributed by atoms with E-state index < -0.39 is 6.10 Å². The largest absolute Gasteiger partial charge is 1.00 e. The van der Waals surface area contributed by atoms with Gasteiger partial charge in [-0.25, -0.2) is 4.98 Å². The second kappa shape index (κ2) is 11.5. The van der Waals surface area contributed by atoms with Gasteiger partial charge >= 0.3 is 0 Å². The molecule has 1 saturated heterocycles. The smallest absolute Gasteiger partial charge is 0.128 e. The highest BCUT2D eigenvalue weighted by molar-refractivity contribution is 5.43. The summed E-state index contributed by atoms with van der Waals surface area (Å²) >= 11 is 0. The molecule has 1 aliphatic heterocycles. The number of aliphatic hydroxyl groups excluding tert-OH is 1. The average molecular weight is 426 g/mol. The Kier molecular flexibility index (Phi) is 10.0. The first kappa shape index (κ1) is 24.5. The number of pyridine rings is 1. The summed E-state index contributed by atoms with van der Waals surface area (Å²) in [6, 6.07) is 10.2. The SMILES string of the molecule is Cc1cc(C)c(OCC(O)CN2CCN(c3ccccn3)CC2)c(C)c1.[Cl-].[Cl-]. The highest BCUT2D eigenvalue weighted by atomic mass is 35.5. The van der Waals surface area contributed by atoms with Gasteiger partial charge < -0.3 is 39.6 Å². The molecule has 0 saturated carbocycles. The molecule has 2 heterocycles. The van der Waals surface area contributed by atoms with Crippen molar-refractivity contribution < 1.29 is 34.7 Å². The van der Waals surface area contributed by atoms with Crippen LogP contribution in [0.15, 0.2) is 36.5 Å². The molecule has 0 radical (unpaired) electrons. The zero-order valence-electron chi connectivity index (χ0n) is 16.7. The summed E-state index contributed by atoms with van der Waals surface area (Å²) in [7, 11) is 0. The molecule has 0 aliphatic carbocycles. The van der Waals surface area contributed by atoms with Crippen LogP contribution in [0.3, 0.4) is 0 Å². The first-order chi connectivity index (χ1) is 12.5. The maximum Gasteiger partial charge on any atom is 0.128 e. The number of benzene rings is 1. The van der Waals surface area contributed by atoms with Gasteiger partial charge in [-0.2, -0.15) is 0 Å². The molecule has 5 nitrogen and oxygen atoms in total. The van der Waals surface area contributed by atoms with Crippen molar-refractivity contribution in [3.05, 3.63) is 53.2 Å². The second-order valence-corrected chi connectivity index (χ2v) is 7.17. The molecule has 1 fully saturated rings. The normalized spacial score (nSPS) is 15.4. The van der Waals surface area contributed by atoms with Crippen molar-refractivity contribution in [2.75, 3.05) is 44.2 Å². The summed E-state index contributed by atoms with van der Waals surface area (Å²) in [5, 5.41) is 10.4. The maximum absolute atomic E-state index is 10.4. The van der Waals surface area contributed by atoms with Gasteiger partial charge in [-0.3, -0.25) is 4.90 Å². The number of rotatable bonds is 6. The fourth-order valence-corrected chi connectivity index (χ4v) is 3.63. The van der Waals surface area contributed by atoms with E-state index in [0.717, 1.165) is 48.9 Å². The Morgan fingerprint density at radius 3 is 2.25 bits per heavy atom. The van der Waals surface area contributed by atoms with Crippen LogP contribution in [-0.4, -0.2) is 60.4 Å². The fraction of sp³-hybridized carbons (Fsp3) is 0.476. The van der Waals surface area contributed by atoms with E-state index in [1.807, 2.05) is 24.4 Å². The molecule has 7 heteroatoms. The third-order valence-corrected chi connectivity index (χ3v) is 4.84. The molecule has 28 heavy (non-hydrogen) atoms. The molecular formula is C21H29Cl2N3O2-2. The number of ether oxygens (including phenoxy) is 1. The van der Waals surface area contributed by atoms with Crippen molar-refractivity contribution in [1.82, 2.24) is 9.88 Å². The van der Waals surface area contributed by atoms with Crippen LogP contribution in [-0.2, 0) is 0 Å². The van der Waals surface area contributed by atoms with Gasteiger partial charge in [-0.05, 0) is 44.0 Å².